The number of rotatable bonds is 1. The van der Waals surface area contributed by atoms with Crippen molar-refractivity contribution in [1.29, 1.82) is 0 Å². The van der Waals surface area contributed by atoms with E-state index in [1.165, 1.54) is 0 Å². The molecule has 0 amide bonds. The molecular formula is C11H9N3OS. The van der Waals surface area contributed by atoms with Gasteiger partial charge in [0.1, 0.15) is 0 Å². The van der Waals surface area contributed by atoms with Crippen molar-refractivity contribution in [2.24, 2.45) is 0 Å². The van der Waals surface area contributed by atoms with Crippen LogP contribution >= 0.6 is 11.8 Å². The highest BCUT2D eigenvalue weighted by molar-refractivity contribution is 7.99. The van der Waals surface area contributed by atoms with Crippen molar-refractivity contribution in [2.45, 2.75) is 11.3 Å². The number of nitrogens with zero attached hydrogens (tertiary/aromatic N) is 3. The molecule has 80 valence electrons. The largest absolute Gasteiger partial charge is 0.492 e. The van der Waals surface area contributed by atoms with Crippen molar-refractivity contribution in [1.82, 2.24) is 15.0 Å². The fourth-order valence-corrected chi connectivity index (χ4v) is 2.67. The highest BCUT2D eigenvalue weighted by Crippen LogP contribution is 2.37. The molecule has 1 aliphatic rings. The molecule has 0 bridgehead atoms. The molecule has 3 heterocycles. The van der Waals surface area contributed by atoms with Gasteiger partial charge < -0.3 is 5.11 Å². The minimum Gasteiger partial charge on any atom is -0.492 e. The van der Waals surface area contributed by atoms with Gasteiger partial charge in [-0.25, -0.2) is 4.98 Å². The predicted octanol–water partition coefficient (Wildman–Crippen LogP) is 1.89. The molecule has 0 fully saturated rings. The second kappa shape index (κ2) is 3.75. The average molecular weight is 231 g/mol. The van der Waals surface area contributed by atoms with Gasteiger partial charge in [-0.1, -0.05) is 0 Å². The summed E-state index contributed by atoms with van der Waals surface area (Å²) in [6.07, 6.45) is 4.28. The summed E-state index contributed by atoms with van der Waals surface area (Å²) in [6.45, 7) is 0. The van der Waals surface area contributed by atoms with E-state index >= 15 is 0 Å². The summed E-state index contributed by atoms with van der Waals surface area (Å²) in [4.78, 5) is 13.4. The topological polar surface area (TPSA) is 58.9 Å². The average Bonchev–Trinajstić information content (AvgIpc) is 2.79. The Bertz CT molecular complexity index is 530. The molecule has 0 aromatic carbocycles. The maximum absolute atomic E-state index is 9.79. The second-order valence-corrected chi connectivity index (χ2v) is 4.59. The number of aromatic hydroxyl groups is 1. The summed E-state index contributed by atoms with van der Waals surface area (Å²) >= 11 is 1.61. The Balaban J connectivity index is 2.13. The van der Waals surface area contributed by atoms with Gasteiger partial charge in [-0.15, -0.1) is 11.8 Å². The lowest BCUT2D eigenvalue weighted by Gasteiger charge is -2.04. The molecule has 0 atom stereocenters. The number of fused-ring (bicyclic) bond motifs is 1. The zero-order valence-electron chi connectivity index (χ0n) is 8.42. The van der Waals surface area contributed by atoms with Crippen LogP contribution in [0.15, 0.2) is 29.4 Å². The normalized spacial score (nSPS) is 13.8. The first kappa shape index (κ1) is 9.59. The van der Waals surface area contributed by atoms with E-state index in [0.717, 1.165) is 28.3 Å². The van der Waals surface area contributed by atoms with E-state index in [1.54, 1.807) is 24.2 Å². The molecule has 0 aliphatic carbocycles. The van der Waals surface area contributed by atoms with Crippen LogP contribution in [0.1, 0.15) is 5.69 Å². The Labute approximate surface area is 96.8 Å². The van der Waals surface area contributed by atoms with Crippen LogP contribution in [0.4, 0.5) is 0 Å². The molecule has 0 saturated carbocycles. The van der Waals surface area contributed by atoms with Gasteiger partial charge in [-0.3, -0.25) is 4.98 Å². The van der Waals surface area contributed by atoms with Gasteiger partial charge in [0, 0.05) is 30.1 Å². The van der Waals surface area contributed by atoms with Crippen LogP contribution in [0.25, 0.3) is 11.4 Å². The first-order valence-electron chi connectivity index (χ1n) is 4.97. The number of thioether (sulfide) groups is 1. The molecule has 0 unspecified atom stereocenters. The Hall–Kier alpha value is -1.62. The summed E-state index contributed by atoms with van der Waals surface area (Å²) < 4.78 is 0. The van der Waals surface area contributed by atoms with E-state index in [1.807, 2.05) is 12.1 Å². The third-order valence-corrected chi connectivity index (χ3v) is 3.56. The van der Waals surface area contributed by atoms with Crippen molar-refractivity contribution in [3.63, 3.8) is 0 Å². The van der Waals surface area contributed by atoms with Crippen molar-refractivity contribution in [2.75, 3.05) is 5.75 Å². The van der Waals surface area contributed by atoms with Crippen LogP contribution in [-0.2, 0) is 6.42 Å². The van der Waals surface area contributed by atoms with Crippen LogP contribution in [-0.4, -0.2) is 25.8 Å². The zero-order valence-corrected chi connectivity index (χ0v) is 9.24. The first-order chi connectivity index (χ1) is 7.84. The molecule has 2 aromatic heterocycles. The Kier molecular flexibility index (Phi) is 2.25. The van der Waals surface area contributed by atoms with Crippen LogP contribution in [0.2, 0.25) is 0 Å². The highest BCUT2D eigenvalue weighted by Gasteiger charge is 2.20. The van der Waals surface area contributed by atoms with E-state index < -0.39 is 0 Å². The highest BCUT2D eigenvalue weighted by atomic mass is 32.2. The Morgan fingerprint density at radius 2 is 2.00 bits per heavy atom. The number of hydrogen-bond donors (Lipinski definition) is 1. The molecule has 1 N–H and O–H groups in total. The lowest BCUT2D eigenvalue weighted by Crippen LogP contribution is -1.95. The monoisotopic (exact) mass is 231 g/mol. The van der Waals surface area contributed by atoms with Gasteiger partial charge in [-0.2, -0.15) is 4.98 Å². The molecule has 16 heavy (non-hydrogen) atoms. The minimum atomic E-state index is 0.0966. The molecule has 5 heteroatoms. The maximum Gasteiger partial charge on any atom is 0.228 e. The molecule has 0 radical (unpaired) electrons. The van der Waals surface area contributed by atoms with Crippen LogP contribution in [0.3, 0.4) is 0 Å². The predicted molar refractivity (Wildman–Crippen MR) is 61.4 cm³/mol. The van der Waals surface area contributed by atoms with Crippen molar-refractivity contribution >= 4 is 11.8 Å². The number of aromatic nitrogens is 3. The van der Waals surface area contributed by atoms with E-state index in [0.29, 0.717) is 5.82 Å². The standard InChI is InChI=1S/C11H9N3OS/c15-11-9-8(3-6-16-9)13-10(14-11)7-1-4-12-5-2-7/h1-2,4-5H,3,6H2,(H,13,14,15). The Morgan fingerprint density at radius 1 is 1.19 bits per heavy atom. The molecule has 4 nitrogen and oxygen atoms in total. The second-order valence-electron chi connectivity index (χ2n) is 3.48. The quantitative estimate of drug-likeness (QED) is 0.812. The summed E-state index contributed by atoms with van der Waals surface area (Å²) in [5.41, 5.74) is 1.83. The first-order valence-corrected chi connectivity index (χ1v) is 5.96. The van der Waals surface area contributed by atoms with Crippen LogP contribution in [0, 0.1) is 0 Å². The van der Waals surface area contributed by atoms with Crippen LogP contribution in [0.5, 0.6) is 5.88 Å². The minimum absolute atomic E-state index is 0.0966. The van der Waals surface area contributed by atoms with Gasteiger partial charge >= 0.3 is 0 Å². The SMILES string of the molecule is Oc1nc(-c2ccncc2)nc2c1SCC2. The van der Waals surface area contributed by atoms with E-state index in [9.17, 15) is 5.11 Å². The lowest BCUT2D eigenvalue weighted by atomic mass is 10.2. The molecule has 1 aliphatic heterocycles. The smallest absolute Gasteiger partial charge is 0.228 e. The number of pyridine rings is 1. The van der Waals surface area contributed by atoms with E-state index in [2.05, 4.69) is 15.0 Å². The van der Waals surface area contributed by atoms with Crippen molar-refractivity contribution in [3.05, 3.63) is 30.2 Å². The molecule has 3 rings (SSSR count). The van der Waals surface area contributed by atoms with Gasteiger partial charge in [0.15, 0.2) is 5.82 Å². The van der Waals surface area contributed by atoms with Gasteiger partial charge in [-0.05, 0) is 12.1 Å². The molecule has 2 aromatic rings. The summed E-state index contributed by atoms with van der Waals surface area (Å²) in [5, 5.41) is 9.79. The fourth-order valence-electron chi connectivity index (χ4n) is 1.68. The maximum atomic E-state index is 9.79. The molecule has 0 saturated heterocycles. The Morgan fingerprint density at radius 3 is 2.81 bits per heavy atom. The molecule has 0 spiro atoms. The number of aryl methyl sites for hydroxylation is 1. The lowest BCUT2D eigenvalue weighted by molar-refractivity contribution is 0.437. The van der Waals surface area contributed by atoms with E-state index in [-0.39, 0.29) is 5.88 Å². The fraction of sp³-hybridized carbons (Fsp3) is 0.182. The third kappa shape index (κ3) is 1.53. The van der Waals surface area contributed by atoms with Crippen molar-refractivity contribution in [3.8, 4) is 17.3 Å². The van der Waals surface area contributed by atoms with Crippen molar-refractivity contribution < 1.29 is 5.11 Å². The number of hydrogen-bond acceptors (Lipinski definition) is 5. The summed E-state index contributed by atoms with van der Waals surface area (Å²) in [5.74, 6) is 1.64. The van der Waals surface area contributed by atoms with E-state index in [4.69, 9.17) is 0 Å². The van der Waals surface area contributed by atoms with Gasteiger partial charge in [0.05, 0.1) is 10.6 Å². The summed E-state index contributed by atoms with van der Waals surface area (Å²) in [7, 11) is 0. The van der Waals surface area contributed by atoms with Crippen LogP contribution < -0.4 is 0 Å². The third-order valence-electron chi connectivity index (χ3n) is 2.44. The van der Waals surface area contributed by atoms with Gasteiger partial charge in [0.25, 0.3) is 0 Å². The summed E-state index contributed by atoms with van der Waals surface area (Å²) in [6, 6.07) is 3.67. The zero-order chi connectivity index (χ0) is 11.0. The molecular weight excluding hydrogens is 222 g/mol. The van der Waals surface area contributed by atoms with Gasteiger partial charge in [0.2, 0.25) is 5.88 Å².